The summed E-state index contributed by atoms with van der Waals surface area (Å²) in [5, 5.41) is 7.35. The summed E-state index contributed by atoms with van der Waals surface area (Å²) in [6.07, 6.45) is 0. The molecule has 0 radical (unpaired) electrons. The summed E-state index contributed by atoms with van der Waals surface area (Å²) in [5.74, 6) is 0. The van der Waals surface area contributed by atoms with E-state index < -0.39 is 0 Å². The van der Waals surface area contributed by atoms with Gasteiger partial charge in [0.1, 0.15) is 0 Å². The van der Waals surface area contributed by atoms with Crippen molar-refractivity contribution < 1.29 is 0 Å². The molecule has 12 rings (SSSR count). The fourth-order valence-electron chi connectivity index (χ4n) is 9.34. The first-order valence-electron chi connectivity index (χ1n) is 20.3. The summed E-state index contributed by atoms with van der Waals surface area (Å²) in [6.45, 7) is 0. The number of para-hydroxylation sites is 1. The van der Waals surface area contributed by atoms with E-state index in [-0.39, 0.29) is 0 Å². The Morgan fingerprint density at radius 2 is 0.644 bits per heavy atom. The van der Waals surface area contributed by atoms with Crippen LogP contribution in [0.15, 0.2) is 224 Å². The lowest BCUT2D eigenvalue weighted by Gasteiger charge is -2.29. The lowest BCUT2D eigenvalue weighted by molar-refractivity contribution is 1.19. The lowest BCUT2D eigenvalue weighted by Crippen LogP contribution is -2.12. The van der Waals surface area contributed by atoms with Crippen LogP contribution in [-0.2, 0) is 0 Å². The fraction of sp³-hybridized carbons (Fsp3) is 0. The molecule has 8 bridgehead atoms. The van der Waals surface area contributed by atoms with Gasteiger partial charge in [0, 0.05) is 50.0 Å². The molecular formula is C56H37N3. The second-order valence-electron chi connectivity index (χ2n) is 15.4. The van der Waals surface area contributed by atoms with E-state index in [1.807, 2.05) is 0 Å². The van der Waals surface area contributed by atoms with Crippen LogP contribution in [0.3, 0.4) is 0 Å². The van der Waals surface area contributed by atoms with E-state index >= 15 is 0 Å². The monoisotopic (exact) mass is 751 g/mol. The molecule has 1 aliphatic rings. The van der Waals surface area contributed by atoms with Crippen molar-refractivity contribution in [2.75, 3.05) is 9.80 Å². The van der Waals surface area contributed by atoms with Gasteiger partial charge in [-0.15, -0.1) is 0 Å². The molecule has 0 aliphatic carbocycles. The first-order chi connectivity index (χ1) is 29.2. The van der Waals surface area contributed by atoms with Gasteiger partial charge in [-0.05, 0) is 112 Å². The molecule has 0 fully saturated rings. The Morgan fingerprint density at radius 3 is 1.22 bits per heavy atom. The number of hydrogen-bond acceptors (Lipinski definition) is 2. The van der Waals surface area contributed by atoms with Crippen molar-refractivity contribution in [2.45, 2.75) is 0 Å². The van der Waals surface area contributed by atoms with Crippen LogP contribution < -0.4 is 9.80 Å². The van der Waals surface area contributed by atoms with Crippen LogP contribution >= 0.6 is 0 Å². The average molecular weight is 752 g/mol. The Kier molecular flexibility index (Phi) is 7.54. The van der Waals surface area contributed by atoms with Crippen molar-refractivity contribution >= 4 is 77.5 Å². The third kappa shape index (κ3) is 5.44. The van der Waals surface area contributed by atoms with Gasteiger partial charge in [0.05, 0.1) is 22.4 Å². The van der Waals surface area contributed by atoms with Gasteiger partial charge >= 0.3 is 0 Å². The SMILES string of the molecule is c1cc2cc(c1)N(c1ccc3c4ccccc4n(-c4cccc5ccccc45)c3c1)c1cccc(c1)-c1cccc(c1)N(c1cccc3ccccc13)c1cccc-2c1. The van der Waals surface area contributed by atoms with Crippen molar-refractivity contribution in [3.05, 3.63) is 224 Å². The molecule has 2 heterocycles. The molecule has 276 valence electrons. The van der Waals surface area contributed by atoms with Gasteiger partial charge in [0.2, 0.25) is 0 Å². The van der Waals surface area contributed by atoms with E-state index in [9.17, 15) is 0 Å². The second kappa shape index (κ2) is 13.4. The van der Waals surface area contributed by atoms with Crippen molar-refractivity contribution in [1.29, 1.82) is 0 Å². The number of rotatable bonds is 3. The Labute approximate surface area is 342 Å². The highest BCUT2D eigenvalue weighted by molar-refractivity contribution is 6.12. The normalized spacial score (nSPS) is 12.3. The van der Waals surface area contributed by atoms with Gasteiger partial charge in [0.15, 0.2) is 0 Å². The molecule has 0 atom stereocenters. The van der Waals surface area contributed by atoms with Crippen molar-refractivity contribution in [3.8, 4) is 27.9 Å². The molecule has 0 N–H and O–H groups in total. The minimum Gasteiger partial charge on any atom is -0.310 e. The summed E-state index contributed by atoms with van der Waals surface area (Å²) < 4.78 is 2.45. The van der Waals surface area contributed by atoms with E-state index in [4.69, 9.17) is 0 Å². The quantitative estimate of drug-likeness (QED) is 0.178. The third-order valence-corrected chi connectivity index (χ3v) is 12.0. The summed E-state index contributed by atoms with van der Waals surface area (Å²) in [7, 11) is 0. The number of anilines is 6. The average Bonchev–Trinajstić information content (AvgIpc) is 3.63. The van der Waals surface area contributed by atoms with Crippen LogP contribution in [0.25, 0.3) is 71.3 Å². The maximum atomic E-state index is 2.45. The molecule has 59 heavy (non-hydrogen) atoms. The maximum Gasteiger partial charge on any atom is 0.0562 e. The van der Waals surface area contributed by atoms with Crippen molar-refractivity contribution in [3.63, 3.8) is 0 Å². The molecule has 10 aromatic carbocycles. The fourth-order valence-corrected chi connectivity index (χ4v) is 9.34. The van der Waals surface area contributed by atoms with Gasteiger partial charge < -0.3 is 14.4 Å². The van der Waals surface area contributed by atoms with Crippen LogP contribution in [0, 0.1) is 0 Å². The number of benzene rings is 10. The molecule has 3 nitrogen and oxygen atoms in total. The minimum atomic E-state index is 1.09. The van der Waals surface area contributed by atoms with E-state index in [2.05, 4.69) is 239 Å². The Balaban J connectivity index is 1.10. The van der Waals surface area contributed by atoms with Gasteiger partial charge in [-0.1, -0.05) is 146 Å². The minimum absolute atomic E-state index is 1.09. The number of fused-ring (bicyclic) bond motifs is 15. The molecule has 0 saturated carbocycles. The zero-order valence-electron chi connectivity index (χ0n) is 32.2. The Bertz CT molecular complexity index is 3330. The summed E-state index contributed by atoms with van der Waals surface area (Å²) in [4.78, 5) is 4.82. The summed E-state index contributed by atoms with van der Waals surface area (Å²) in [5.41, 5.74) is 14.8. The zero-order chi connectivity index (χ0) is 38.9. The van der Waals surface area contributed by atoms with E-state index in [1.54, 1.807) is 0 Å². The van der Waals surface area contributed by atoms with Crippen LogP contribution in [0.2, 0.25) is 0 Å². The third-order valence-electron chi connectivity index (χ3n) is 12.0. The van der Waals surface area contributed by atoms with Crippen molar-refractivity contribution in [1.82, 2.24) is 4.57 Å². The predicted molar refractivity (Wildman–Crippen MR) is 250 cm³/mol. The number of nitrogens with zero attached hydrogens (tertiary/aromatic N) is 3. The molecule has 3 heteroatoms. The molecule has 0 unspecified atom stereocenters. The first-order valence-corrected chi connectivity index (χ1v) is 20.3. The predicted octanol–water partition coefficient (Wildman–Crippen LogP) is 15.7. The molecule has 0 saturated heterocycles. The topological polar surface area (TPSA) is 11.4 Å². The van der Waals surface area contributed by atoms with Crippen LogP contribution in [0.4, 0.5) is 34.1 Å². The highest BCUT2D eigenvalue weighted by atomic mass is 15.2. The largest absolute Gasteiger partial charge is 0.310 e. The smallest absolute Gasteiger partial charge is 0.0562 e. The highest BCUT2D eigenvalue weighted by Crippen LogP contribution is 2.45. The molecule has 1 aromatic heterocycles. The Hall–Kier alpha value is -7.88. The number of aromatic nitrogens is 1. The molecule has 0 spiro atoms. The highest BCUT2D eigenvalue weighted by Gasteiger charge is 2.21. The molecule has 11 aromatic rings. The van der Waals surface area contributed by atoms with E-state index in [0.29, 0.717) is 0 Å². The van der Waals surface area contributed by atoms with Crippen LogP contribution in [0.5, 0.6) is 0 Å². The molecule has 0 amide bonds. The summed E-state index contributed by atoms with van der Waals surface area (Å²) in [6, 6.07) is 82.3. The zero-order valence-corrected chi connectivity index (χ0v) is 32.2. The van der Waals surface area contributed by atoms with Crippen molar-refractivity contribution in [2.24, 2.45) is 0 Å². The molecular weight excluding hydrogens is 715 g/mol. The van der Waals surface area contributed by atoms with Gasteiger partial charge in [-0.25, -0.2) is 0 Å². The lowest BCUT2D eigenvalue weighted by atomic mass is 9.99. The van der Waals surface area contributed by atoms with Crippen LogP contribution in [-0.4, -0.2) is 4.57 Å². The van der Waals surface area contributed by atoms with Gasteiger partial charge in [-0.3, -0.25) is 0 Å². The van der Waals surface area contributed by atoms with E-state index in [0.717, 1.165) is 56.4 Å². The van der Waals surface area contributed by atoms with E-state index in [1.165, 1.54) is 49.0 Å². The second-order valence-corrected chi connectivity index (χ2v) is 15.4. The Morgan fingerprint density at radius 1 is 0.237 bits per heavy atom. The van der Waals surface area contributed by atoms with Gasteiger partial charge in [0.25, 0.3) is 0 Å². The standard InChI is InChI=1S/C56H37N3/c1-3-25-49-38(13-1)15-11-29-53(49)58-46-23-9-19-42(35-46)40-17-7-21-44(33-40)57(45-22-8-18-41(34-45)43-20-10-24-47(58)36-43)48-31-32-52-51-27-5-6-28-55(51)59(56(52)37-48)54-30-12-16-39-14-2-4-26-50(39)54/h1-37H. The number of hydrogen-bond donors (Lipinski definition) is 0. The maximum absolute atomic E-state index is 2.45. The molecule has 1 aliphatic heterocycles. The van der Waals surface area contributed by atoms with Gasteiger partial charge in [-0.2, -0.15) is 0 Å². The first kappa shape index (κ1) is 33.3. The van der Waals surface area contributed by atoms with Crippen LogP contribution in [0.1, 0.15) is 0 Å². The summed E-state index contributed by atoms with van der Waals surface area (Å²) >= 11 is 0.